The molecule has 2 N–H and O–H groups in total. The molecule has 0 aromatic rings. The molecule has 0 spiro atoms. The van der Waals surface area contributed by atoms with Crippen molar-refractivity contribution in [3.05, 3.63) is 0 Å². The molecule has 16 heavy (non-hydrogen) atoms. The zero-order chi connectivity index (χ0) is 12.1. The number of hydrogen-bond acceptors (Lipinski definition) is 3. The number of aliphatic hydroxyl groups excluding tert-OH is 1. The molecule has 1 unspecified atom stereocenters. The van der Waals surface area contributed by atoms with Crippen molar-refractivity contribution in [3.63, 3.8) is 0 Å². The fraction of sp³-hybridized carbons (Fsp3) is 0.800. The summed E-state index contributed by atoms with van der Waals surface area (Å²) in [6.07, 6.45) is 2.44. The number of carbonyl (C=O) groups is 2. The minimum absolute atomic E-state index is 0.0215. The number of halogens is 2. The molecule has 0 bridgehead atoms. The highest BCUT2D eigenvalue weighted by molar-refractivity contribution is 6.34. The molecule has 1 aliphatic rings. The molecule has 6 heteroatoms. The first-order chi connectivity index (χ1) is 7.54. The van der Waals surface area contributed by atoms with E-state index in [0.717, 1.165) is 0 Å². The lowest BCUT2D eigenvalue weighted by Crippen LogP contribution is -2.41. The van der Waals surface area contributed by atoms with Gasteiger partial charge < -0.3 is 5.11 Å². The van der Waals surface area contributed by atoms with E-state index in [1.165, 1.54) is 0 Å². The van der Waals surface area contributed by atoms with Crippen molar-refractivity contribution in [2.45, 2.75) is 37.2 Å². The fourth-order valence-corrected chi connectivity index (χ4v) is 2.22. The van der Waals surface area contributed by atoms with E-state index in [9.17, 15) is 14.7 Å². The molecule has 1 saturated carbocycles. The second kappa shape index (κ2) is 6.42. The third-order valence-electron chi connectivity index (χ3n) is 2.79. The van der Waals surface area contributed by atoms with Gasteiger partial charge in [-0.3, -0.25) is 14.9 Å². The summed E-state index contributed by atoms with van der Waals surface area (Å²) in [4.78, 5) is 22.4. The van der Waals surface area contributed by atoms with Gasteiger partial charge in [-0.1, -0.05) is 0 Å². The standard InChI is InChI=1S/C10H15Cl2NO3/c11-5-8(15)13-10(16)9(12)6-1-3-7(14)4-2-6/h6-7,9,14H,1-5H2,(H,13,15,16). The van der Waals surface area contributed by atoms with Crippen LogP contribution in [0.1, 0.15) is 25.7 Å². The molecule has 4 nitrogen and oxygen atoms in total. The van der Waals surface area contributed by atoms with Crippen LogP contribution >= 0.6 is 23.2 Å². The topological polar surface area (TPSA) is 66.4 Å². The average molecular weight is 268 g/mol. The van der Waals surface area contributed by atoms with Crippen molar-refractivity contribution < 1.29 is 14.7 Å². The summed E-state index contributed by atoms with van der Waals surface area (Å²) in [5.74, 6) is -1.26. The fourth-order valence-electron chi connectivity index (χ4n) is 1.85. The lowest BCUT2D eigenvalue weighted by molar-refractivity contribution is -0.129. The van der Waals surface area contributed by atoms with E-state index in [4.69, 9.17) is 23.2 Å². The van der Waals surface area contributed by atoms with Gasteiger partial charge in [-0.15, -0.1) is 23.2 Å². The van der Waals surface area contributed by atoms with Crippen molar-refractivity contribution in [3.8, 4) is 0 Å². The van der Waals surface area contributed by atoms with Gasteiger partial charge in [0.1, 0.15) is 11.3 Å². The number of imide groups is 1. The summed E-state index contributed by atoms with van der Waals surface area (Å²) in [6, 6.07) is 0. The maximum atomic E-state index is 11.5. The molecule has 1 aliphatic carbocycles. The average Bonchev–Trinajstić information content (AvgIpc) is 2.28. The molecular weight excluding hydrogens is 253 g/mol. The number of nitrogens with one attached hydrogen (secondary N) is 1. The third kappa shape index (κ3) is 3.92. The Labute approximate surface area is 104 Å². The van der Waals surface area contributed by atoms with E-state index < -0.39 is 17.2 Å². The van der Waals surface area contributed by atoms with E-state index in [2.05, 4.69) is 5.32 Å². The number of amides is 2. The molecule has 0 aromatic heterocycles. The predicted octanol–water partition coefficient (Wildman–Crippen LogP) is 1.03. The molecule has 0 radical (unpaired) electrons. The van der Waals surface area contributed by atoms with E-state index in [1.807, 2.05) is 0 Å². The number of carbonyl (C=O) groups excluding carboxylic acids is 2. The molecule has 1 rings (SSSR count). The van der Waals surface area contributed by atoms with Crippen molar-refractivity contribution in [2.24, 2.45) is 5.92 Å². The van der Waals surface area contributed by atoms with Crippen molar-refractivity contribution in [2.75, 3.05) is 5.88 Å². The van der Waals surface area contributed by atoms with Crippen LogP contribution in [0.4, 0.5) is 0 Å². The summed E-state index contributed by atoms with van der Waals surface area (Å²) in [6.45, 7) is 0. The zero-order valence-electron chi connectivity index (χ0n) is 8.79. The Morgan fingerprint density at radius 2 is 1.88 bits per heavy atom. The molecule has 1 atom stereocenters. The number of hydrogen-bond donors (Lipinski definition) is 2. The highest BCUT2D eigenvalue weighted by atomic mass is 35.5. The van der Waals surface area contributed by atoms with Gasteiger partial charge in [-0.05, 0) is 31.6 Å². The molecule has 0 aromatic carbocycles. The Hall–Kier alpha value is -0.320. The summed E-state index contributed by atoms with van der Waals surface area (Å²) < 4.78 is 0. The van der Waals surface area contributed by atoms with Gasteiger partial charge >= 0.3 is 0 Å². The van der Waals surface area contributed by atoms with Gasteiger partial charge in [0.25, 0.3) is 0 Å². The minimum atomic E-state index is -0.723. The number of aliphatic hydroxyl groups is 1. The Kier molecular flexibility index (Phi) is 5.52. The summed E-state index contributed by atoms with van der Waals surface area (Å²) in [7, 11) is 0. The summed E-state index contributed by atoms with van der Waals surface area (Å²) in [5.41, 5.74) is 0. The van der Waals surface area contributed by atoms with Crippen molar-refractivity contribution >= 4 is 35.0 Å². The van der Waals surface area contributed by atoms with Crippen LogP contribution in [-0.4, -0.2) is 34.3 Å². The SMILES string of the molecule is O=C(CCl)NC(=O)C(Cl)C1CCC(O)CC1. The molecule has 2 amide bonds. The molecular formula is C10H15Cl2NO3. The normalized spacial score (nSPS) is 27.2. The Morgan fingerprint density at radius 1 is 1.31 bits per heavy atom. The first-order valence-electron chi connectivity index (χ1n) is 5.26. The molecule has 1 fully saturated rings. The predicted molar refractivity (Wildman–Crippen MR) is 61.5 cm³/mol. The summed E-state index contributed by atoms with van der Waals surface area (Å²) >= 11 is 11.2. The second-order valence-corrected chi connectivity index (χ2v) is 4.75. The van der Waals surface area contributed by atoms with E-state index in [0.29, 0.717) is 25.7 Å². The quantitative estimate of drug-likeness (QED) is 0.751. The van der Waals surface area contributed by atoms with Crippen LogP contribution in [0.15, 0.2) is 0 Å². The largest absolute Gasteiger partial charge is 0.393 e. The summed E-state index contributed by atoms with van der Waals surface area (Å²) in [5, 5.41) is 10.7. The number of alkyl halides is 2. The maximum absolute atomic E-state index is 11.5. The van der Waals surface area contributed by atoms with Crippen LogP contribution in [0.5, 0.6) is 0 Å². The van der Waals surface area contributed by atoms with E-state index in [-0.39, 0.29) is 17.9 Å². The van der Waals surface area contributed by atoms with Crippen LogP contribution in [-0.2, 0) is 9.59 Å². The smallest absolute Gasteiger partial charge is 0.244 e. The lowest BCUT2D eigenvalue weighted by atomic mass is 9.85. The van der Waals surface area contributed by atoms with Gasteiger partial charge in [0.2, 0.25) is 11.8 Å². The first kappa shape index (κ1) is 13.7. The highest BCUT2D eigenvalue weighted by Gasteiger charge is 2.30. The van der Waals surface area contributed by atoms with Gasteiger partial charge in [-0.25, -0.2) is 0 Å². The second-order valence-electron chi connectivity index (χ2n) is 4.02. The van der Waals surface area contributed by atoms with Crippen LogP contribution < -0.4 is 5.32 Å². The van der Waals surface area contributed by atoms with Gasteiger partial charge in [0.15, 0.2) is 0 Å². The van der Waals surface area contributed by atoms with Crippen molar-refractivity contribution in [1.29, 1.82) is 0 Å². The van der Waals surface area contributed by atoms with Gasteiger partial charge in [0, 0.05) is 0 Å². The lowest BCUT2D eigenvalue weighted by Gasteiger charge is -2.27. The van der Waals surface area contributed by atoms with Crippen LogP contribution in [0, 0.1) is 5.92 Å². The van der Waals surface area contributed by atoms with Crippen LogP contribution in [0.25, 0.3) is 0 Å². The van der Waals surface area contributed by atoms with E-state index in [1.54, 1.807) is 0 Å². The van der Waals surface area contributed by atoms with Crippen LogP contribution in [0.2, 0.25) is 0 Å². The molecule has 0 aliphatic heterocycles. The van der Waals surface area contributed by atoms with Gasteiger partial charge in [0.05, 0.1) is 6.10 Å². The molecule has 0 saturated heterocycles. The molecule has 92 valence electrons. The van der Waals surface area contributed by atoms with Crippen molar-refractivity contribution in [1.82, 2.24) is 5.32 Å². The Bertz CT molecular complexity index is 265. The van der Waals surface area contributed by atoms with E-state index >= 15 is 0 Å². The van der Waals surface area contributed by atoms with Gasteiger partial charge in [-0.2, -0.15) is 0 Å². The molecule has 0 heterocycles. The highest BCUT2D eigenvalue weighted by Crippen LogP contribution is 2.29. The third-order valence-corrected chi connectivity index (χ3v) is 3.59. The zero-order valence-corrected chi connectivity index (χ0v) is 10.3. The Morgan fingerprint density at radius 3 is 2.38 bits per heavy atom. The minimum Gasteiger partial charge on any atom is -0.393 e. The Balaban J connectivity index is 2.41. The number of rotatable bonds is 3. The first-order valence-corrected chi connectivity index (χ1v) is 6.23. The monoisotopic (exact) mass is 267 g/mol. The maximum Gasteiger partial charge on any atom is 0.244 e. The van der Waals surface area contributed by atoms with Crippen LogP contribution in [0.3, 0.4) is 0 Å².